The number of aryl methyl sites for hydroxylation is 1. The maximum absolute atomic E-state index is 6.20. The molecule has 2 rings (SSSR count). The van der Waals surface area contributed by atoms with E-state index in [4.69, 9.17) is 16.0 Å². The lowest BCUT2D eigenvalue weighted by Crippen LogP contribution is -2.04. The minimum absolute atomic E-state index is 0.373. The maximum Gasteiger partial charge on any atom is 0.151 e. The molecule has 0 unspecified atom stereocenters. The summed E-state index contributed by atoms with van der Waals surface area (Å²) < 4.78 is 7.58. The molecule has 0 bridgehead atoms. The van der Waals surface area contributed by atoms with E-state index in [-0.39, 0.29) is 0 Å². The quantitative estimate of drug-likeness (QED) is 0.743. The van der Waals surface area contributed by atoms with E-state index in [9.17, 15) is 0 Å². The Balaban J connectivity index is 2.64. The summed E-state index contributed by atoms with van der Waals surface area (Å²) in [5.41, 5.74) is 2.12. The Kier molecular flexibility index (Phi) is 2.61. The minimum atomic E-state index is 0.373. The van der Waals surface area contributed by atoms with Gasteiger partial charge in [-0.2, -0.15) is 0 Å². The molecule has 0 fully saturated rings. The Morgan fingerprint density at radius 3 is 2.67 bits per heavy atom. The lowest BCUT2D eigenvalue weighted by atomic mass is 10.3. The second-order valence-corrected chi connectivity index (χ2v) is 4.33. The molecule has 0 N–H and O–H groups in total. The van der Waals surface area contributed by atoms with Crippen molar-refractivity contribution in [2.24, 2.45) is 0 Å². The number of halogens is 1. The van der Waals surface area contributed by atoms with Gasteiger partial charge in [-0.25, -0.2) is 0 Å². The molecule has 0 aliphatic carbocycles. The molecule has 2 aromatic heterocycles. The van der Waals surface area contributed by atoms with Crippen LogP contribution in [0.3, 0.4) is 0 Å². The van der Waals surface area contributed by atoms with E-state index in [1.807, 2.05) is 18.2 Å². The molecule has 0 atom stereocenters. The molecule has 0 spiro atoms. The molecule has 3 heteroatoms. The van der Waals surface area contributed by atoms with Crippen molar-refractivity contribution < 1.29 is 4.42 Å². The Morgan fingerprint density at radius 2 is 2.13 bits per heavy atom. The maximum atomic E-state index is 6.20. The van der Waals surface area contributed by atoms with Crippen LogP contribution in [0.15, 0.2) is 28.9 Å². The van der Waals surface area contributed by atoms with Crippen molar-refractivity contribution in [3.63, 3.8) is 0 Å². The number of aromatic nitrogens is 1. The molecule has 0 saturated carbocycles. The molecule has 0 aliphatic rings. The van der Waals surface area contributed by atoms with E-state index in [0.29, 0.717) is 6.04 Å². The van der Waals surface area contributed by atoms with E-state index >= 15 is 0 Å². The second kappa shape index (κ2) is 3.78. The normalized spacial score (nSPS) is 11.3. The number of hydrogen-bond donors (Lipinski definition) is 0. The van der Waals surface area contributed by atoms with Crippen molar-refractivity contribution in [1.82, 2.24) is 4.57 Å². The molecule has 0 radical (unpaired) electrons. The summed E-state index contributed by atoms with van der Waals surface area (Å²) in [6.45, 7) is 6.32. The third-order valence-electron chi connectivity index (χ3n) is 2.45. The van der Waals surface area contributed by atoms with Crippen LogP contribution in [0.4, 0.5) is 0 Å². The summed E-state index contributed by atoms with van der Waals surface area (Å²) in [6.07, 6.45) is 1.67. The first-order chi connectivity index (χ1) is 7.11. The molecule has 0 saturated heterocycles. The van der Waals surface area contributed by atoms with Gasteiger partial charge in [0.1, 0.15) is 5.69 Å². The van der Waals surface area contributed by atoms with Gasteiger partial charge in [-0.3, -0.25) is 0 Å². The lowest BCUT2D eigenvalue weighted by Gasteiger charge is -2.14. The van der Waals surface area contributed by atoms with Crippen molar-refractivity contribution in [1.29, 1.82) is 0 Å². The summed E-state index contributed by atoms with van der Waals surface area (Å²) in [7, 11) is 0. The van der Waals surface area contributed by atoms with Gasteiger partial charge in [-0.1, -0.05) is 11.6 Å². The van der Waals surface area contributed by atoms with Gasteiger partial charge in [-0.15, -0.1) is 0 Å². The Bertz CT molecular complexity index is 454. The third kappa shape index (κ3) is 1.70. The first-order valence-electron chi connectivity index (χ1n) is 5.02. The van der Waals surface area contributed by atoms with Crippen molar-refractivity contribution in [2.75, 3.05) is 0 Å². The fraction of sp³-hybridized carbons (Fsp3) is 0.333. The number of nitrogens with zero attached hydrogens (tertiary/aromatic N) is 1. The third-order valence-corrected chi connectivity index (χ3v) is 2.74. The second-order valence-electron chi connectivity index (χ2n) is 3.92. The molecular formula is C12H14ClNO. The zero-order valence-electron chi connectivity index (χ0n) is 9.12. The summed E-state index contributed by atoms with van der Waals surface area (Å²) in [6, 6.07) is 6.15. The van der Waals surface area contributed by atoms with Crippen molar-refractivity contribution in [2.45, 2.75) is 26.8 Å². The topological polar surface area (TPSA) is 18.1 Å². The first kappa shape index (κ1) is 10.4. The fourth-order valence-corrected chi connectivity index (χ4v) is 2.27. The van der Waals surface area contributed by atoms with Crippen LogP contribution < -0.4 is 0 Å². The zero-order valence-corrected chi connectivity index (χ0v) is 9.88. The molecule has 0 aromatic carbocycles. The van der Waals surface area contributed by atoms with Crippen LogP contribution in [0.25, 0.3) is 11.5 Å². The highest BCUT2D eigenvalue weighted by Gasteiger charge is 2.16. The molecule has 2 heterocycles. The lowest BCUT2D eigenvalue weighted by molar-refractivity contribution is 0.550. The predicted octanol–water partition coefficient (Wildman–Crippen LogP) is 4.29. The molecule has 2 aromatic rings. The van der Waals surface area contributed by atoms with Crippen molar-refractivity contribution in [3.05, 3.63) is 35.2 Å². The van der Waals surface area contributed by atoms with Crippen molar-refractivity contribution >= 4 is 11.6 Å². The smallest absolute Gasteiger partial charge is 0.151 e. The van der Waals surface area contributed by atoms with Crippen LogP contribution in [0.1, 0.15) is 25.6 Å². The Labute approximate surface area is 94.5 Å². The highest BCUT2D eigenvalue weighted by atomic mass is 35.5. The average Bonchev–Trinajstić information content (AvgIpc) is 2.71. The van der Waals surface area contributed by atoms with Gasteiger partial charge in [0.25, 0.3) is 0 Å². The van der Waals surface area contributed by atoms with Gasteiger partial charge in [0.05, 0.1) is 11.3 Å². The van der Waals surface area contributed by atoms with Gasteiger partial charge in [0, 0.05) is 11.7 Å². The average molecular weight is 224 g/mol. The summed E-state index contributed by atoms with van der Waals surface area (Å²) >= 11 is 6.20. The van der Waals surface area contributed by atoms with Gasteiger partial charge in [0.2, 0.25) is 0 Å². The highest BCUT2D eigenvalue weighted by molar-refractivity contribution is 6.33. The Morgan fingerprint density at radius 1 is 1.40 bits per heavy atom. The highest BCUT2D eigenvalue weighted by Crippen LogP contribution is 2.33. The summed E-state index contributed by atoms with van der Waals surface area (Å²) in [4.78, 5) is 0. The molecule has 80 valence electrons. The Hall–Kier alpha value is -1.15. The number of hydrogen-bond acceptors (Lipinski definition) is 1. The zero-order chi connectivity index (χ0) is 11.0. The fourth-order valence-electron chi connectivity index (χ4n) is 1.93. The minimum Gasteiger partial charge on any atom is -0.463 e. The van der Waals surface area contributed by atoms with Crippen LogP contribution in [-0.4, -0.2) is 4.57 Å². The molecule has 15 heavy (non-hydrogen) atoms. The summed E-state index contributed by atoms with van der Waals surface area (Å²) in [5, 5.41) is 0.746. The standard InChI is InChI=1S/C12H14ClNO/c1-8(2)14-9(3)7-10(13)12(14)11-5-4-6-15-11/h4-8H,1-3H3. The largest absolute Gasteiger partial charge is 0.463 e. The van der Waals surface area contributed by atoms with E-state index in [1.165, 1.54) is 0 Å². The van der Waals surface area contributed by atoms with Crippen LogP contribution in [0, 0.1) is 6.92 Å². The van der Waals surface area contributed by atoms with Crippen LogP contribution >= 0.6 is 11.6 Å². The van der Waals surface area contributed by atoms with Gasteiger partial charge in [-0.05, 0) is 39.0 Å². The van der Waals surface area contributed by atoms with E-state index < -0.39 is 0 Å². The predicted molar refractivity (Wildman–Crippen MR) is 62.3 cm³/mol. The van der Waals surface area contributed by atoms with Gasteiger partial charge < -0.3 is 8.98 Å². The monoisotopic (exact) mass is 223 g/mol. The summed E-state index contributed by atoms with van der Waals surface area (Å²) in [5.74, 6) is 0.821. The molecule has 0 amide bonds. The van der Waals surface area contributed by atoms with E-state index in [1.54, 1.807) is 6.26 Å². The number of rotatable bonds is 2. The van der Waals surface area contributed by atoms with Crippen LogP contribution in [-0.2, 0) is 0 Å². The molecule has 0 aliphatic heterocycles. The van der Waals surface area contributed by atoms with Crippen LogP contribution in [0.5, 0.6) is 0 Å². The van der Waals surface area contributed by atoms with Crippen LogP contribution in [0.2, 0.25) is 5.02 Å². The number of furan rings is 1. The van der Waals surface area contributed by atoms with Gasteiger partial charge in [0.15, 0.2) is 5.76 Å². The SMILES string of the molecule is Cc1cc(Cl)c(-c2ccco2)n1C(C)C. The van der Waals surface area contributed by atoms with E-state index in [2.05, 4.69) is 25.3 Å². The van der Waals surface area contributed by atoms with E-state index in [0.717, 1.165) is 22.2 Å². The molecular weight excluding hydrogens is 210 g/mol. The molecule has 2 nitrogen and oxygen atoms in total. The van der Waals surface area contributed by atoms with Crippen molar-refractivity contribution in [3.8, 4) is 11.5 Å². The van der Waals surface area contributed by atoms with Gasteiger partial charge >= 0.3 is 0 Å². The first-order valence-corrected chi connectivity index (χ1v) is 5.40.